The van der Waals surface area contributed by atoms with Crippen molar-refractivity contribution in [3.8, 4) is 0 Å². The molecule has 0 amide bonds. The van der Waals surface area contributed by atoms with E-state index < -0.39 is 11.8 Å². The number of carboxylic acid groups (broad SMARTS) is 1. The van der Waals surface area contributed by atoms with Gasteiger partial charge in [0, 0.05) is 17.1 Å². The summed E-state index contributed by atoms with van der Waals surface area (Å²) < 4.78 is 2.05. The van der Waals surface area contributed by atoms with Crippen molar-refractivity contribution in [3.63, 3.8) is 0 Å². The second kappa shape index (κ2) is 3.70. The Labute approximate surface area is 110 Å². The van der Waals surface area contributed by atoms with E-state index in [0.717, 1.165) is 23.7 Å². The van der Waals surface area contributed by atoms with E-state index in [0.29, 0.717) is 5.56 Å². The SMILES string of the molecule is CC1(C)CCc2cccc3c(C(=O)C(=O)O)cn1c23. The first-order chi connectivity index (χ1) is 8.92. The molecule has 4 heteroatoms. The van der Waals surface area contributed by atoms with Gasteiger partial charge in [-0.1, -0.05) is 18.2 Å². The first kappa shape index (κ1) is 12.0. The zero-order chi connectivity index (χ0) is 13.8. The maximum atomic E-state index is 11.8. The lowest BCUT2D eigenvalue weighted by Gasteiger charge is -2.33. The van der Waals surface area contributed by atoms with Crippen LogP contribution >= 0.6 is 0 Å². The fourth-order valence-electron chi connectivity index (χ4n) is 2.89. The number of para-hydroxylation sites is 1. The Morgan fingerprint density at radius 3 is 2.74 bits per heavy atom. The minimum atomic E-state index is -1.40. The molecule has 1 aromatic carbocycles. The smallest absolute Gasteiger partial charge is 0.377 e. The summed E-state index contributed by atoms with van der Waals surface area (Å²) in [6.07, 6.45) is 3.63. The van der Waals surface area contributed by atoms with Crippen LogP contribution in [0.2, 0.25) is 0 Å². The number of hydrogen-bond donors (Lipinski definition) is 1. The van der Waals surface area contributed by atoms with Crippen LogP contribution in [0.4, 0.5) is 0 Å². The zero-order valence-corrected chi connectivity index (χ0v) is 10.9. The molecule has 0 radical (unpaired) electrons. The highest BCUT2D eigenvalue weighted by atomic mass is 16.4. The van der Waals surface area contributed by atoms with Crippen LogP contribution in [0.15, 0.2) is 24.4 Å². The Hall–Kier alpha value is -2.10. The summed E-state index contributed by atoms with van der Waals surface area (Å²) >= 11 is 0. The van der Waals surface area contributed by atoms with E-state index in [-0.39, 0.29) is 5.54 Å². The second-order valence-corrected chi connectivity index (χ2v) is 5.67. The van der Waals surface area contributed by atoms with Crippen molar-refractivity contribution in [1.29, 1.82) is 0 Å². The monoisotopic (exact) mass is 257 g/mol. The molecule has 4 nitrogen and oxygen atoms in total. The molecule has 1 N–H and O–H groups in total. The van der Waals surface area contributed by atoms with Gasteiger partial charge in [0.1, 0.15) is 0 Å². The molecule has 0 saturated heterocycles. The number of aryl methyl sites for hydroxylation is 1. The topological polar surface area (TPSA) is 59.3 Å². The number of ketones is 1. The Morgan fingerprint density at radius 2 is 2.05 bits per heavy atom. The highest BCUT2D eigenvalue weighted by molar-refractivity contribution is 6.42. The van der Waals surface area contributed by atoms with Gasteiger partial charge < -0.3 is 9.67 Å². The number of carboxylic acids is 1. The average molecular weight is 257 g/mol. The summed E-state index contributed by atoms with van der Waals surface area (Å²) in [4.78, 5) is 22.8. The maximum absolute atomic E-state index is 11.8. The Balaban J connectivity index is 2.37. The predicted molar refractivity (Wildman–Crippen MR) is 71.5 cm³/mol. The molecule has 0 fully saturated rings. The lowest BCUT2D eigenvalue weighted by molar-refractivity contribution is -0.131. The predicted octanol–water partition coefficient (Wildman–Crippen LogP) is 2.59. The summed E-state index contributed by atoms with van der Waals surface area (Å²) in [5.74, 6) is -2.24. The second-order valence-electron chi connectivity index (χ2n) is 5.67. The third-order valence-electron chi connectivity index (χ3n) is 4.01. The van der Waals surface area contributed by atoms with Crippen LogP contribution in [0.3, 0.4) is 0 Å². The summed E-state index contributed by atoms with van der Waals surface area (Å²) in [5, 5.41) is 9.68. The van der Waals surface area contributed by atoms with Crippen molar-refractivity contribution in [2.24, 2.45) is 0 Å². The molecule has 98 valence electrons. The van der Waals surface area contributed by atoms with Crippen LogP contribution in [-0.4, -0.2) is 21.4 Å². The van der Waals surface area contributed by atoms with Gasteiger partial charge in [-0.25, -0.2) is 4.79 Å². The van der Waals surface area contributed by atoms with Crippen LogP contribution in [0.1, 0.15) is 36.2 Å². The number of carbonyl (C=O) groups excluding carboxylic acids is 1. The molecule has 1 aromatic heterocycles. The number of rotatable bonds is 2. The summed E-state index contributed by atoms with van der Waals surface area (Å²) in [7, 11) is 0. The van der Waals surface area contributed by atoms with Crippen molar-refractivity contribution in [2.75, 3.05) is 0 Å². The fourth-order valence-corrected chi connectivity index (χ4v) is 2.89. The highest BCUT2D eigenvalue weighted by Gasteiger charge is 2.31. The summed E-state index contributed by atoms with van der Waals surface area (Å²) in [6.45, 7) is 4.22. The van der Waals surface area contributed by atoms with Crippen molar-refractivity contribution >= 4 is 22.7 Å². The Morgan fingerprint density at radius 1 is 1.32 bits per heavy atom. The maximum Gasteiger partial charge on any atom is 0.377 e. The molecule has 0 bridgehead atoms. The standard InChI is InChI=1S/C15H15NO3/c1-15(2)7-6-9-4-3-5-10-11(13(17)14(18)19)8-16(15)12(9)10/h3-5,8H,6-7H2,1-2H3,(H,18,19). The number of benzene rings is 1. The minimum Gasteiger partial charge on any atom is -0.475 e. The van der Waals surface area contributed by atoms with Crippen LogP contribution in [0.25, 0.3) is 10.9 Å². The van der Waals surface area contributed by atoms with E-state index in [2.05, 4.69) is 18.4 Å². The van der Waals surface area contributed by atoms with Gasteiger partial charge in [0.25, 0.3) is 5.78 Å². The average Bonchev–Trinajstić information content (AvgIpc) is 2.75. The number of Topliss-reactive ketones (excluding diaryl/α,β-unsaturated/α-hetero) is 1. The molecule has 1 aliphatic heterocycles. The zero-order valence-electron chi connectivity index (χ0n) is 10.9. The molecule has 2 heterocycles. The molecule has 0 aliphatic carbocycles. The van der Waals surface area contributed by atoms with Gasteiger partial charge in [0.2, 0.25) is 0 Å². The van der Waals surface area contributed by atoms with Crippen LogP contribution in [0, 0.1) is 0 Å². The van der Waals surface area contributed by atoms with E-state index in [9.17, 15) is 9.59 Å². The Kier molecular flexibility index (Phi) is 2.33. The number of aromatic nitrogens is 1. The van der Waals surface area contributed by atoms with Gasteiger partial charge in [0.05, 0.1) is 11.1 Å². The lowest BCUT2D eigenvalue weighted by atomic mass is 9.90. The molecular formula is C15H15NO3. The van der Waals surface area contributed by atoms with Gasteiger partial charge in [-0.15, -0.1) is 0 Å². The van der Waals surface area contributed by atoms with E-state index in [1.807, 2.05) is 18.2 Å². The normalized spacial score (nSPS) is 16.5. The van der Waals surface area contributed by atoms with E-state index >= 15 is 0 Å². The summed E-state index contributed by atoms with van der Waals surface area (Å²) in [6, 6.07) is 5.76. The third kappa shape index (κ3) is 1.59. The molecule has 1 aliphatic rings. The van der Waals surface area contributed by atoms with Gasteiger partial charge in [-0.05, 0) is 32.3 Å². The highest BCUT2D eigenvalue weighted by Crippen LogP contribution is 2.37. The van der Waals surface area contributed by atoms with E-state index in [1.165, 1.54) is 5.56 Å². The molecule has 19 heavy (non-hydrogen) atoms. The first-order valence-electron chi connectivity index (χ1n) is 6.33. The number of nitrogens with zero attached hydrogens (tertiary/aromatic N) is 1. The number of hydrogen-bond acceptors (Lipinski definition) is 2. The molecule has 0 atom stereocenters. The van der Waals surface area contributed by atoms with Crippen LogP contribution < -0.4 is 0 Å². The van der Waals surface area contributed by atoms with E-state index in [4.69, 9.17) is 5.11 Å². The van der Waals surface area contributed by atoms with Crippen molar-refractivity contribution in [1.82, 2.24) is 4.57 Å². The quantitative estimate of drug-likeness (QED) is 0.664. The van der Waals surface area contributed by atoms with Gasteiger partial charge in [-0.2, -0.15) is 0 Å². The van der Waals surface area contributed by atoms with Gasteiger partial charge >= 0.3 is 5.97 Å². The molecule has 2 aromatic rings. The van der Waals surface area contributed by atoms with Crippen molar-refractivity contribution in [3.05, 3.63) is 35.5 Å². The van der Waals surface area contributed by atoms with Crippen molar-refractivity contribution in [2.45, 2.75) is 32.2 Å². The Bertz CT molecular complexity index is 709. The third-order valence-corrected chi connectivity index (χ3v) is 4.01. The molecular weight excluding hydrogens is 242 g/mol. The largest absolute Gasteiger partial charge is 0.475 e. The van der Waals surface area contributed by atoms with Gasteiger partial charge in [0.15, 0.2) is 0 Å². The van der Waals surface area contributed by atoms with Crippen LogP contribution in [-0.2, 0) is 16.8 Å². The van der Waals surface area contributed by atoms with Crippen molar-refractivity contribution < 1.29 is 14.7 Å². The van der Waals surface area contributed by atoms with Gasteiger partial charge in [-0.3, -0.25) is 4.79 Å². The first-order valence-corrected chi connectivity index (χ1v) is 6.33. The minimum absolute atomic E-state index is 0.0936. The van der Waals surface area contributed by atoms with E-state index in [1.54, 1.807) is 6.20 Å². The lowest BCUT2D eigenvalue weighted by Crippen LogP contribution is -2.29. The van der Waals surface area contributed by atoms with Crippen LogP contribution in [0.5, 0.6) is 0 Å². The molecule has 0 unspecified atom stereocenters. The molecule has 0 saturated carbocycles. The fraction of sp³-hybridized carbons (Fsp3) is 0.333. The number of aliphatic carboxylic acids is 1. The molecule has 0 spiro atoms. The molecule has 3 rings (SSSR count). The number of carbonyl (C=O) groups is 2. The summed E-state index contributed by atoms with van der Waals surface area (Å²) in [5.41, 5.74) is 2.38.